The van der Waals surface area contributed by atoms with Crippen LogP contribution in [0.1, 0.15) is 6.92 Å². The molecule has 1 aromatic carbocycles. The van der Waals surface area contributed by atoms with Crippen molar-refractivity contribution in [2.45, 2.75) is 13.0 Å². The summed E-state index contributed by atoms with van der Waals surface area (Å²) < 4.78 is 11.2. The highest BCUT2D eigenvalue weighted by molar-refractivity contribution is 5.59. The zero-order valence-corrected chi connectivity index (χ0v) is 11.7. The van der Waals surface area contributed by atoms with E-state index in [9.17, 15) is 0 Å². The third-order valence-corrected chi connectivity index (χ3v) is 3.12. The van der Waals surface area contributed by atoms with E-state index in [1.54, 1.807) is 0 Å². The highest BCUT2D eigenvalue weighted by Crippen LogP contribution is 2.22. The van der Waals surface area contributed by atoms with E-state index in [0.717, 1.165) is 37.7 Å². The van der Waals surface area contributed by atoms with Gasteiger partial charge in [0.2, 0.25) is 0 Å². The number of likely N-dealkylation sites (N-methyl/N-ethyl adjacent to an activating group) is 1. The van der Waals surface area contributed by atoms with Gasteiger partial charge in [0.15, 0.2) is 0 Å². The van der Waals surface area contributed by atoms with Gasteiger partial charge in [-0.3, -0.25) is 0 Å². The van der Waals surface area contributed by atoms with Crippen LogP contribution < -0.4 is 15.8 Å². The van der Waals surface area contributed by atoms with Gasteiger partial charge in [-0.2, -0.15) is 0 Å². The normalized spacial score (nSPS) is 20.2. The van der Waals surface area contributed by atoms with Crippen LogP contribution in [0.15, 0.2) is 18.2 Å². The number of hydrogen-bond acceptors (Lipinski definition) is 5. The molecule has 1 unspecified atom stereocenters. The van der Waals surface area contributed by atoms with E-state index in [1.807, 2.05) is 25.1 Å². The van der Waals surface area contributed by atoms with Gasteiger partial charge in [0, 0.05) is 43.1 Å². The maximum atomic E-state index is 5.86. The van der Waals surface area contributed by atoms with E-state index in [-0.39, 0.29) is 6.10 Å². The van der Waals surface area contributed by atoms with Gasteiger partial charge in [0.1, 0.15) is 5.75 Å². The average molecular weight is 265 g/mol. The van der Waals surface area contributed by atoms with Crippen molar-refractivity contribution >= 4 is 11.4 Å². The number of nitrogens with two attached hydrogens (primary N) is 1. The summed E-state index contributed by atoms with van der Waals surface area (Å²) in [6.45, 7) is 6.13. The summed E-state index contributed by atoms with van der Waals surface area (Å²) in [6.07, 6.45) is 0.218. The lowest BCUT2D eigenvalue weighted by Crippen LogP contribution is -2.43. The molecular weight excluding hydrogens is 242 g/mol. The molecular formula is C14H23N3O2. The Kier molecular flexibility index (Phi) is 4.87. The number of ether oxygens (including phenoxy) is 2. The van der Waals surface area contributed by atoms with E-state index >= 15 is 0 Å². The van der Waals surface area contributed by atoms with Crippen LogP contribution in [0, 0.1) is 0 Å². The van der Waals surface area contributed by atoms with Gasteiger partial charge < -0.3 is 25.4 Å². The molecule has 106 valence electrons. The summed E-state index contributed by atoms with van der Waals surface area (Å²) in [4.78, 5) is 2.28. The summed E-state index contributed by atoms with van der Waals surface area (Å²) in [5.41, 5.74) is 7.54. The van der Waals surface area contributed by atoms with Crippen molar-refractivity contribution < 1.29 is 9.47 Å². The fourth-order valence-corrected chi connectivity index (χ4v) is 2.20. The fraction of sp³-hybridized carbons (Fsp3) is 0.571. The maximum absolute atomic E-state index is 5.86. The number of rotatable bonds is 5. The highest BCUT2D eigenvalue weighted by atomic mass is 16.5. The predicted molar refractivity (Wildman–Crippen MR) is 77.8 cm³/mol. The van der Waals surface area contributed by atoms with Crippen molar-refractivity contribution in [3.05, 3.63) is 18.2 Å². The first-order valence-electron chi connectivity index (χ1n) is 6.74. The Morgan fingerprint density at radius 1 is 1.47 bits per heavy atom. The third-order valence-electron chi connectivity index (χ3n) is 3.12. The number of nitrogen functional groups attached to an aromatic ring is 1. The summed E-state index contributed by atoms with van der Waals surface area (Å²) in [5, 5.41) is 3.36. The molecule has 5 heteroatoms. The van der Waals surface area contributed by atoms with E-state index < -0.39 is 0 Å². The zero-order valence-electron chi connectivity index (χ0n) is 11.7. The van der Waals surface area contributed by atoms with Gasteiger partial charge >= 0.3 is 0 Å². The summed E-state index contributed by atoms with van der Waals surface area (Å²) >= 11 is 0. The Balaban J connectivity index is 1.91. The van der Waals surface area contributed by atoms with Crippen LogP contribution in [0.4, 0.5) is 11.4 Å². The van der Waals surface area contributed by atoms with Gasteiger partial charge in [0.05, 0.1) is 19.3 Å². The number of morpholine rings is 1. The van der Waals surface area contributed by atoms with E-state index in [2.05, 4.69) is 17.3 Å². The van der Waals surface area contributed by atoms with Crippen LogP contribution >= 0.6 is 0 Å². The zero-order chi connectivity index (χ0) is 13.7. The average Bonchev–Trinajstić information content (AvgIpc) is 2.36. The van der Waals surface area contributed by atoms with E-state index in [0.29, 0.717) is 12.3 Å². The molecule has 2 rings (SSSR count). The van der Waals surface area contributed by atoms with Crippen molar-refractivity contribution in [1.82, 2.24) is 4.90 Å². The second kappa shape index (κ2) is 6.63. The second-order valence-electron chi connectivity index (χ2n) is 4.86. The second-order valence-corrected chi connectivity index (χ2v) is 4.86. The molecule has 1 aliphatic rings. The molecule has 1 aliphatic heterocycles. The summed E-state index contributed by atoms with van der Waals surface area (Å²) in [7, 11) is 2.11. The lowest BCUT2D eigenvalue weighted by Gasteiger charge is -2.30. The number of nitrogens with one attached hydrogen (secondary N) is 1. The minimum Gasteiger partial charge on any atom is -0.494 e. The molecule has 1 fully saturated rings. The third kappa shape index (κ3) is 4.29. The molecule has 0 spiro atoms. The first-order chi connectivity index (χ1) is 9.17. The molecule has 0 amide bonds. The van der Waals surface area contributed by atoms with Gasteiger partial charge in [0.25, 0.3) is 0 Å². The Hall–Kier alpha value is -1.46. The molecule has 0 aromatic heterocycles. The fourth-order valence-electron chi connectivity index (χ4n) is 2.20. The lowest BCUT2D eigenvalue weighted by molar-refractivity contribution is -0.0117. The number of nitrogens with zero attached hydrogens (tertiary/aromatic N) is 1. The smallest absolute Gasteiger partial charge is 0.123 e. The van der Waals surface area contributed by atoms with Crippen molar-refractivity contribution in [3.8, 4) is 5.75 Å². The Morgan fingerprint density at radius 3 is 3.05 bits per heavy atom. The number of benzene rings is 1. The van der Waals surface area contributed by atoms with Gasteiger partial charge in [-0.05, 0) is 20.0 Å². The van der Waals surface area contributed by atoms with Crippen LogP contribution in [-0.4, -0.2) is 50.9 Å². The van der Waals surface area contributed by atoms with Crippen molar-refractivity contribution in [2.24, 2.45) is 0 Å². The Labute approximate surface area is 114 Å². The molecule has 19 heavy (non-hydrogen) atoms. The largest absolute Gasteiger partial charge is 0.494 e. The quantitative estimate of drug-likeness (QED) is 0.788. The maximum Gasteiger partial charge on any atom is 0.123 e. The first kappa shape index (κ1) is 14.0. The molecule has 1 heterocycles. The van der Waals surface area contributed by atoms with Crippen LogP contribution in [0.3, 0.4) is 0 Å². The van der Waals surface area contributed by atoms with Crippen LogP contribution in [0.25, 0.3) is 0 Å². The Morgan fingerprint density at radius 2 is 2.32 bits per heavy atom. The lowest BCUT2D eigenvalue weighted by atomic mass is 10.2. The minimum absolute atomic E-state index is 0.218. The highest BCUT2D eigenvalue weighted by Gasteiger charge is 2.17. The SMILES string of the molecule is CCOc1cc(N)cc(NCC2CN(C)CCO2)c1. The van der Waals surface area contributed by atoms with Gasteiger partial charge in [-0.25, -0.2) is 0 Å². The van der Waals surface area contributed by atoms with Gasteiger partial charge in [-0.15, -0.1) is 0 Å². The Bertz CT molecular complexity index is 412. The topological polar surface area (TPSA) is 59.8 Å². The van der Waals surface area contributed by atoms with Crippen LogP contribution in [-0.2, 0) is 4.74 Å². The van der Waals surface area contributed by atoms with Crippen LogP contribution in [0.5, 0.6) is 5.75 Å². The standard InChI is InChI=1S/C14H23N3O2/c1-3-18-13-7-11(15)6-12(8-13)16-9-14-10-17(2)4-5-19-14/h6-8,14,16H,3-5,9-10,15H2,1-2H3. The number of hydrogen-bond donors (Lipinski definition) is 2. The molecule has 5 nitrogen and oxygen atoms in total. The molecule has 1 aromatic rings. The van der Waals surface area contributed by atoms with Crippen molar-refractivity contribution in [3.63, 3.8) is 0 Å². The minimum atomic E-state index is 0.218. The molecule has 3 N–H and O–H groups in total. The molecule has 1 saturated heterocycles. The summed E-state index contributed by atoms with van der Waals surface area (Å²) in [5.74, 6) is 0.798. The van der Waals surface area contributed by atoms with Crippen LogP contribution in [0.2, 0.25) is 0 Å². The molecule has 0 radical (unpaired) electrons. The molecule has 0 saturated carbocycles. The molecule has 0 bridgehead atoms. The van der Waals surface area contributed by atoms with E-state index in [1.165, 1.54) is 0 Å². The predicted octanol–water partition coefficient (Wildman–Crippen LogP) is 1.41. The molecule has 1 atom stereocenters. The first-order valence-corrected chi connectivity index (χ1v) is 6.74. The number of anilines is 2. The monoisotopic (exact) mass is 265 g/mol. The van der Waals surface area contributed by atoms with Crippen molar-refractivity contribution in [2.75, 3.05) is 50.9 Å². The van der Waals surface area contributed by atoms with Crippen molar-refractivity contribution in [1.29, 1.82) is 0 Å². The summed E-state index contributed by atoms with van der Waals surface area (Å²) in [6, 6.07) is 5.71. The van der Waals surface area contributed by atoms with E-state index in [4.69, 9.17) is 15.2 Å². The molecule has 0 aliphatic carbocycles. The van der Waals surface area contributed by atoms with Gasteiger partial charge in [-0.1, -0.05) is 0 Å².